The topological polar surface area (TPSA) is 0 Å². The van der Waals surface area contributed by atoms with Crippen molar-refractivity contribution in [2.24, 2.45) is 0 Å². The van der Waals surface area contributed by atoms with Gasteiger partial charge < -0.3 is 0 Å². The van der Waals surface area contributed by atoms with Crippen LogP contribution in [0.4, 0.5) is 0 Å². The summed E-state index contributed by atoms with van der Waals surface area (Å²) in [6.07, 6.45) is 0. The van der Waals surface area contributed by atoms with Gasteiger partial charge in [-0.1, -0.05) is 0 Å². The summed E-state index contributed by atoms with van der Waals surface area (Å²) in [5.41, 5.74) is 0. The molecule has 0 saturated heterocycles. The molecule has 0 aromatic heterocycles. The maximum atomic E-state index is 0. The van der Waals surface area contributed by atoms with Crippen molar-refractivity contribution in [2.45, 2.75) is 0 Å². The molecule has 0 unspecified atom stereocenters. The van der Waals surface area contributed by atoms with Gasteiger partial charge in [-0.15, -0.1) is 0 Å². The predicted molar refractivity (Wildman–Crippen MR) is 5.75 cm³/mol. The molecule has 5 heavy (non-hydrogen) atoms. The molecule has 5 heteroatoms. The van der Waals surface area contributed by atoms with E-state index >= 15 is 0 Å². The van der Waals surface area contributed by atoms with Gasteiger partial charge in [0.1, 0.15) is 0 Å². The van der Waals surface area contributed by atoms with Crippen molar-refractivity contribution < 1.29 is 94.5 Å². The van der Waals surface area contributed by atoms with Crippen LogP contribution in [0.5, 0.6) is 0 Å². The Morgan fingerprint density at radius 3 is 1.00 bits per heavy atom. The number of hydrogen-bond donors (Lipinski definition) is 0. The van der Waals surface area contributed by atoms with E-state index in [0.29, 0.717) is 0 Å². The Balaban J connectivity index is 0. The van der Waals surface area contributed by atoms with E-state index in [1.54, 1.807) is 0 Å². The fourth-order valence-electron chi connectivity index (χ4n) is 0. The molecule has 0 fully saturated rings. The van der Waals surface area contributed by atoms with Gasteiger partial charge in [0.05, 0.1) is 0 Å². The van der Waals surface area contributed by atoms with Crippen LogP contribution in [0.3, 0.4) is 0 Å². The van der Waals surface area contributed by atoms with Gasteiger partial charge in [-0.3, -0.25) is 0 Å². The van der Waals surface area contributed by atoms with E-state index in [0.717, 1.165) is 0 Å². The molecule has 0 nitrogen and oxygen atoms in total. The summed E-state index contributed by atoms with van der Waals surface area (Å²) in [5.74, 6) is 0. The Morgan fingerprint density at radius 2 is 1.00 bits per heavy atom. The van der Waals surface area contributed by atoms with E-state index in [2.05, 4.69) is 0 Å². The Hall–Kier alpha value is 4.35. The maximum absolute atomic E-state index is 0. The van der Waals surface area contributed by atoms with Crippen molar-refractivity contribution in [3.63, 3.8) is 0 Å². The van der Waals surface area contributed by atoms with Gasteiger partial charge in [-0.05, 0) is 0 Å². The van der Waals surface area contributed by atoms with Gasteiger partial charge in [0.2, 0.25) is 0 Å². The number of rotatable bonds is 0. The summed E-state index contributed by atoms with van der Waals surface area (Å²) in [7, 11) is 0. The van der Waals surface area contributed by atoms with Crippen molar-refractivity contribution in [3.05, 3.63) is 0 Å². The van der Waals surface area contributed by atoms with E-state index in [4.69, 9.17) is 0 Å². The fourth-order valence-corrected chi connectivity index (χ4v) is 0. The summed E-state index contributed by atoms with van der Waals surface area (Å²) >= 11 is 0. The van der Waals surface area contributed by atoms with Crippen LogP contribution in [0.2, 0.25) is 0 Å². The maximum Gasteiger partial charge on any atom is 0 e. The zero-order chi connectivity index (χ0) is 0. The van der Waals surface area contributed by atoms with Crippen LogP contribution in [0.15, 0.2) is 0 Å². The summed E-state index contributed by atoms with van der Waals surface area (Å²) in [5, 5.41) is 0. The standard InChI is InChI=1S/Ca.Fe.V.Y.Zr. The first-order valence-corrected chi connectivity index (χ1v) is 0. The smallest absolute Gasteiger partial charge is 0 e. The van der Waals surface area contributed by atoms with E-state index in [1.165, 1.54) is 0 Å². The van der Waals surface area contributed by atoms with E-state index in [9.17, 15) is 0 Å². The van der Waals surface area contributed by atoms with Crippen LogP contribution < -0.4 is 0 Å². The first-order valence-electron chi connectivity index (χ1n) is 0. The molecular weight excluding hydrogens is 327 g/mol. The summed E-state index contributed by atoms with van der Waals surface area (Å²) < 4.78 is 0. The third kappa shape index (κ3) is 17.8. The molecule has 0 saturated carbocycles. The molecule has 0 rings (SSSR count). The molecule has 22 valence electrons. The average molecular weight is 327 g/mol. The Kier molecular flexibility index (Phi) is 164. The molecular formula is CaFeVYZr. The molecule has 0 aliphatic heterocycles. The molecule has 0 aliphatic carbocycles. The van der Waals surface area contributed by atoms with Crippen LogP contribution >= 0.6 is 0 Å². The monoisotopic (exact) mass is 326 g/mol. The SMILES string of the molecule is [Ca].[Fe].[V].[Y].[Zr]. The van der Waals surface area contributed by atoms with Crippen molar-refractivity contribution >= 4 is 37.7 Å². The first-order chi connectivity index (χ1) is 0. The zero-order valence-electron chi connectivity index (χ0n) is 2.59. The van der Waals surface area contributed by atoms with Gasteiger partial charge in [-0.2, -0.15) is 0 Å². The van der Waals surface area contributed by atoms with Crippen LogP contribution in [-0.2, 0) is 94.5 Å². The second kappa shape index (κ2) is 23.8. The quantitative estimate of drug-likeness (QED) is 0.532. The summed E-state index contributed by atoms with van der Waals surface area (Å²) in [4.78, 5) is 0. The third-order valence-corrected chi connectivity index (χ3v) is 0. The molecule has 0 aromatic carbocycles. The minimum Gasteiger partial charge on any atom is 0 e. The van der Waals surface area contributed by atoms with E-state index in [1.807, 2.05) is 0 Å². The molecule has 0 amide bonds. The van der Waals surface area contributed by atoms with Gasteiger partial charge >= 0.3 is 0 Å². The number of hydrogen-bond acceptors (Lipinski definition) is 0. The molecule has 0 atom stereocenters. The summed E-state index contributed by atoms with van der Waals surface area (Å²) in [6, 6.07) is 0. The molecule has 0 heterocycles. The largest absolute Gasteiger partial charge is 0 e. The van der Waals surface area contributed by atoms with Crippen molar-refractivity contribution in [1.29, 1.82) is 0 Å². The van der Waals surface area contributed by atoms with Gasteiger partial charge in [0, 0.05) is 132 Å². The average Bonchev–Trinajstić information content (AvgIpc) is 0. The normalized spacial score (nSPS) is 0. The Bertz CT molecular complexity index is 11.6. The third-order valence-electron chi connectivity index (χ3n) is 0. The predicted octanol–water partition coefficient (Wildman–Crippen LogP) is -0.391. The van der Waals surface area contributed by atoms with Gasteiger partial charge in [0.15, 0.2) is 0 Å². The molecule has 0 bridgehead atoms. The summed E-state index contributed by atoms with van der Waals surface area (Å²) in [6.45, 7) is 0. The minimum atomic E-state index is 0. The fraction of sp³-hybridized carbons (Fsp3) is 0. The van der Waals surface area contributed by atoms with Crippen molar-refractivity contribution in [3.8, 4) is 0 Å². The molecule has 0 spiro atoms. The molecule has 0 aliphatic rings. The molecule has 0 N–H and O–H groups in total. The molecule has 4 radical (unpaired) electrons. The minimum absolute atomic E-state index is 0. The van der Waals surface area contributed by atoms with E-state index < -0.39 is 0 Å². The van der Waals surface area contributed by atoms with Crippen molar-refractivity contribution in [1.82, 2.24) is 0 Å². The van der Waals surface area contributed by atoms with Gasteiger partial charge in [-0.25, -0.2) is 0 Å². The van der Waals surface area contributed by atoms with Crippen LogP contribution in [0.1, 0.15) is 0 Å². The molecule has 0 aromatic rings. The second-order valence-electron chi connectivity index (χ2n) is 0. The zero-order valence-corrected chi connectivity index (χ0v) is 12.6. The van der Waals surface area contributed by atoms with Crippen LogP contribution in [-0.4, -0.2) is 37.7 Å². The van der Waals surface area contributed by atoms with Crippen LogP contribution in [0, 0.1) is 0 Å². The van der Waals surface area contributed by atoms with Crippen molar-refractivity contribution in [2.75, 3.05) is 0 Å². The Morgan fingerprint density at radius 1 is 1.00 bits per heavy atom. The van der Waals surface area contributed by atoms with E-state index in [-0.39, 0.29) is 132 Å². The first kappa shape index (κ1) is 34.4. The van der Waals surface area contributed by atoms with Crippen LogP contribution in [0.25, 0.3) is 0 Å². The second-order valence-corrected chi connectivity index (χ2v) is 0. The Labute approximate surface area is 129 Å². The van der Waals surface area contributed by atoms with Gasteiger partial charge in [0.25, 0.3) is 0 Å².